The van der Waals surface area contributed by atoms with E-state index in [9.17, 15) is 10.1 Å². The summed E-state index contributed by atoms with van der Waals surface area (Å²) in [6.45, 7) is 3.42. The highest BCUT2D eigenvalue weighted by atomic mass is 32.2. The Hall–Kier alpha value is -3.11. The van der Waals surface area contributed by atoms with Gasteiger partial charge in [-0.2, -0.15) is 5.26 Å². The fraction of sp³-hybridized carbons (Fsp3) is 0.238. The van der Waals surface area contributed by atoms with E-state index in [-0.39, 0.29) is 11.7 Å². The lowest BCUT2D eigenvalue weighted by molar-refractivity contribution is -0.130. The van der Waals surface area contributed by atoms with Gasteiger partial charge in [-0.05, 0) is 38.1 Å². The number of anilines is 2. The minimum Gasteiger partial charge on any atom is -0.340 e. The van der Waals surface area contributed by atoms with E-state index in [2.05, 4.69) is 21.4 Å². The number of carbonyl (C=O) groups is 1. The summed E-state index contributed by atoms with van der Waals surface area (Å²) in [5.41, 5.74) is 0.868. The van der Waals surface area contributed by atoms with Gasteiger partial charge in [0.05, 0.1) is 17.3 Å². The fourth-order valence-corrected chi connectivity index (χ4v) is 3.25. The second kappa shape index (κ2) is 8.28. The predicted octanol–water partition coefficient (Wildman–Crippen LogP) is 4.23. The molecule has 0 saturated heterocycles. The average Bonchev–Trinajstić information content (AvgIpc) is 2.72. The van der Waals surface area contributed by atoms with Gasteiger partial charge in [0.15, 0.2) is 5.16 Å². The van der Waals surface area contributed by atoms with Crippen LogP contribution >= 0.6 is 11.8 Å². The summed E-state index contributed by atoms with van der Waals surface area (Å²) in [5, 5.41) is 14.0. The lowest BCUT2D eigenvalue weighted by Crippen LogP contribution is -2.44. The van der Waals surface area contributed by atoms with E-state index >= 15 is 0 Å². The number of amides is 1. The number of carbonyl (C=O) groups excluding carboxylic acids is 1. The van der Waals surface area contributed by atoms with Crippen molar-refractivity contribution in [3.05, 3.63) is 54.6 Å². The molecule has 0 aliphatic heterocycles. The van der Waals surface area contributed by atoms with Crippen LogP contribution in [0, 0.1) is 11.3 Å². The Balaban J connectivity index is 1.84. The zero-order valence-corrected chi connectivity index (χ0v) is 16.8. The molecule has 0 aliphatic carbocycles. The average molecular weight is 392 g/mol. The zero-order valence-electron chi connectivity index (χ0n) is 16.0. The second-order valence-electron chi connectivity index (χ2n) is 6.78. The highest BCUT2D eigenvalue weighted by Gasteiger charge is 2.27. The van der Waals surface area contributed by atoms with E-state index in [1.54, 1.807) is 20.9 Å². The number of nitrogens with zero attached hydrogens (tertiary/aromatic N) is 4. The Morgan fingerprint density at radius 2 is 1.82 bits per heavy atom. The highest BCUT2D eigenvalue weighted by Crippen LogP contribution is 2.27. The molecule has 1 heterocycles. The van der Waals surface area contributed by atoms with Gasteiger partial charge in [0.2, 0.25) is 5.91 Å². The van der Waals surface area contributed by atoms with Crippen molar-refractivity contribution < 1.29 is 4.79 Å². The lowest BCUT2D eigenvalue weighted by Gasteiger charge is -2.28. The van der Waals surface area contributed by atoms with Crippen LogP contribution < -0.4 is 5.32 Å². The van der Waals surface area contributed by atoms with Crippen molar-refractivity contribution in [3.63, 3.8) is 0 Å². The summed E-state index contributed by atoms with van der Waals surface area (Å²) < 4.78 is 0. The van der Waals surface area contributed by atoms with Crippen LogP contribution in [0.1, 0.15) is 13.8 Å². The Kier molecular flexibility index (Phi) is 5.81. The quantitative estimate of drug-likeness (QED) is 0.500. The molecular formula is C21H21N5OS. The molecule has 0 atom stereocenters. The third-order valence-electron chi connectivity index (χ3n) is 4.43. The molecule has 1 N–H and O–H groups in total. The number of para-hydroxylation sites is 2. The molecule has 1 amide bonds. The SMILES string of the molecule is CN(C(=O)CSc1nc(Nc2ccccc2)c2ccccc2n1)C(C)(C)C#N. The zero-order chi connectivity index (χ0) is 20.1. The molecule has 142 valence electrons. The maximum absolute atomic E-state index is 12.4. The van der Waals surface area contributed by atoms with Crippen LogP contribution in [0.4, 0.5) is 11.5 Å². The van der Waals surface area contributed by atoms with Gasteiger partial charge < -0.3 is 10.2 Å². The first-order valence-electron chi connectivity index (χ1n) is 8.80. The monoisotopic (exact) mass is 391 g/mol. The van der Waals surface area contributed by atoms with Crippen molar-refractivity contribution in [3.8, 4) is 6.07 Å². The van der Waals surface area contributed by atoms with Crippen molar-refractivity contribution in [2.24, 2.45) is 0 Å². The lowest BCUT2D eigenvalue weighted by atomic mass is 10.1. The van der Waals surface area contributed by atoms with Crippen LogP contribution in [-0.2, 0) is 4.79 Å². The molecule has 1 aromatic heterocycles. The van der Waals surface area contributed by atoms with Crippen molar-refractivity contribution in [1.82, 2.24) is 14.9 Å². The van der Waals surface area contributed by atoms with E-state index in [0.717, 1.165) is 16.6 Å². The first kappa shape index (κ1) is 19.6. The predicted molar refractivity (Wildman–Crippen MR) is 112 cm³/mol. The third-order valence-corrected chi connectivity index (χ3v) is 5.26. The van der Waals surface area contributed by atoms with Gasteiger partial charge in [-0.25, -0.2) is 9.97 Å². The van der Waals surface area contributed by atoms with Gasteiger partial charge >= 0.3 is 0 Å². The number of nitriles is 1. The molecule has 28 heavy (non-hydrogen) atoms. The Labute approximate surface area is 168 Å². The molecule has 0 fully saturated rings. The number of hydrogen-bond acceptors (Lipinski definition) is 6. The molecule has 0 aliphatic rings. The van der Waals surface area contributed by atoms with Crippen molar-refractivity contribution in [2.45, 2.75) is 24.5 Å². The minimum atomic E-state index is -0.859. The molecular weight excluding hydrogens is 370 g/mol. The number of thioether (sulfide) groups is 1. The van der Waals surface area contributed by atoms with Gasteiger partial charge in [-0.3, -0.25) is 4.79 Å². The molecule has 0 spiro atoms. The van der Waals surface area contributed by atoms with Gasteiger partial charge in [0.1, 0.15) is 11.4 Å². The molecule has 3 aromatic rings. The summed E-state index contributed by atoms with van der Waals surface area (Å²) in [4.78, 5) is 23.1. The van der Waals surface area contributed by atoms with E-state index < -0.39 is 5.54 Å². The van der Waals surface area contributed by atoms with Crippen LogP contribution in [0.25, 0.3) is 10.9 Å². The molecule has 2 aromatic carbocycles. The van der Waals surface area contributed by atoms with Gasteiger partial charge in [0.25, 0.3) is 0 Å². The largest absolute Gasteiger partial charge is 0.340 e. The molecule has 0 saturated carbocycles. The van der Waals surface area contributed by atoms with E-state index in [4.69, 9.17) is 0 Å². The number of fused-ring (bicyclic) bond motifs is 1. The van der Waals surface area contributed by atoms with E-state index in [1.165, 1.54) is 16.7 Å². The van der Waals surface area contributed by atoms with Gasteiger partial charge in [-0.15, -0.1) is 0 Å². The molecule has 6 nitrogen and oxygen atoms in total. The highest BCUT2D eigenvalue weighted by molar-refractivity contribution is 7.99. The standard InChI is InChI=1S/C21H21N5OS/c1-21(2,14-22)26(3)18(27)13-28-20-24-17-12-8-7-11-16(17)19(25-20)23-15-9-5-4-6-10-15/h4-12H,13H2,1-3H3,(H,23,24,25). The molecule has 0 radical (unpaired) electrons. The van der Waals surface area contributed by atoms with Crippen LogP contribution in [0.5, 0.6) is 0 Å². The number of benzene rings is 2. The van der Waals surface area contributed by atoms with Crippen LogP contribution in [0.15, 0.2) is 59.8 Å². The van der Waals surface area contributed by atoms with Crippen molar-refractivity contribution in [2.75, 3.05) is 18.1 Å². The molecule has 0 unspecified atom stereocenters. The third kappa shape index (κ3) is 4.41. The normalized spacial score (nSPS) is 11.1. The Morgan fingerprint density at radius 3 is 2.54 bits per heavy atom. The molecule has 3 rings (SSSR count). The van der Waals surface area contributed by atoms with Crippen LogP contribution in [0.3, 0.4) is 0 Å². The maximum atomic E-state index is 12.4. The minimum absolute atomic E-state index is 0.147. The Bertz CT molecular complexity index is 1030. The number of rotatable bonds is 6. The Morgan fingerprint density at radius 1 is 1.14 bits per heavy atom. The van der Waals surface area contributed by atoms with E-state index in [0.29, 0.717) is 11.0 Å². The smallest absolute Gasteiger partial charge is 0.234 e. The van der Waals surface area contributed by atoms with Gasteiger partial charge in [0, 0.05) is 18.1 Å². The maximum Gasteiger partial charge on any atom is 0.234 e. The number of hydrogen-bond donors (Lipinski definition) is 1. The van der Waals surface area contributed by atoms with Crippen molar-refractivity contribution in [1.29, 1.82) is 5.26 Å². The summed E-state index contributed by atoms with van der Waals surface area (Å²) in [7, 11) is 1.63. The first-order valence-corrected chi connectivity index (χ1v) is 9.79. The first-order chi connectivity index (χ1) is 13.4. The topological polar surface area (TPSA) is 81.9 Å². The second-order valence-corrected chi connectivity index (χ2v) is 7.72. The summed E-state index contributed by atoms with van der Waals surface area (Å²) in [6.07, 6.45) is 0. The summed E-state index contributed by atoms with van der Waals surface area (Å²) >= 11 is 1.26. The van der Waals surface area contributed by atoms with E-state index in [1.807, 2.05) is 54.6 Å². The summed E-state index contributed by atoms with van der Waals surface area (Å²) in [6, 6.07) is 19.7. The van der Waals surface area contributed by atoms with Crippen LogP contribution in [0.2, 0.25) is 0 Å². The van der Waals surface area contributed by atoms with Crippen molar-refractivity contribution >= 4 is 40.1 Å². The van der Waals surface area contributed by atoms with Crippen LogP contribution in [-0.4, -0.2) is 39.1 Å². The number of nitrogens with one attached hydrogen (secondary N) is 1. The molecule has 0 bridgehead atoms. The summed E-state index contributed by atoms with van der Waals surface area (Å²) in [5.74, 6) is 0.702. The number of aromatic nitrogens is 2. The van der Waals surface area contributed by atoms with Gasteiger partial charge in [-0.1, -0.05) is 42.1 Å². The fourth-order valence-electron chi connectivity index (χ4n) is 2.48. The molecule has 7 heteroatoms.